The van der Waals surface area contributed by atoms with Gasteiger partial charge in [-0.05, 0) is 30.7 Å². The molecule has 0 atom stereocenters. The van der Waals surface area contributed by atoms with Crippen molar-refractivity contribution in [3.05, 3.63) is 69.2 Å². The molecule has 0 aliphatic heterocycles. The Morgan fingerprint density at radius 2 is 1.81 bits per heavy atom. The van der Waals surface area contributed by atoms with Gasteiger partial charge in [0.25, 0.3) is 5.69 Å². The molecule has 0 aliphatic rings. The highest BCUT2D eigenvalue weighted by atomic mass is 35.5. The highest BCUT2D eigenvalue weighted by molar-refractivity contribution is 7.89. The van der Waals surface area contributed by atoms with Gasteiger partial charge in [0.05, 0.1) is 4.92 Å². The van der Waals surface area contributed by atoms with Crippen molar-refractivity contribution in [3.8, 4) is 0 Å². The van der Waals surface area contributed by atoms with E-state index in [0.717, 1.165) is 17.7 Å². The Balaban J connectivity index is 0.00000338. The third-order valence-electron chi connectivity index (χ3n) is 3.55. The molecule has 2 N–H and O–H groups in total. The summed E-state index contributed by atoms with van der Waals surface area (Å²) in [6.07, 6.45) is 0.438. The number of nitrogens with two attached hydrogens (primary N) is 1. The van der Waals surface area contributed by atoms with Crippen molar-refractivity contribution in [2.24, 2.45) is 5.73 Å². The fraction of sp³-hybridized carbons (Fsp3) is 0.250. The molecule has 0 bridgehead atoms. The van der Waals surface area contributed by atoms with Crippen LogP contribution < -0.4 is 5.73 Å². The second-order valence-electron chi connectivity index (χ2n) is 5.34. The van der Waals surface area contributed by atoms with Crippen LogP contribution in [0.5, 0.6) is 0 Å². The van der Waals surface area contributed by atoms with Crippen LogP contribution in [0.1, 0.15) is 12.0 Å². The summed E-state index contributed by atoms with van der Waals surface area (Å²) in [4.78, 5) is 10.1. The Morgan fingerprint density at radius 1 is 1.15 bits per heavy atom. The van der Waals surface area contributed by atoms with Crippen molar-refractivity contribution in [2.45, 2.75) is 17.9 Å². The molecule has 7 nitrogen and oxygen atoms in total. The molecule has 0 amide bonds. The maximum atomic E-state index is 13.0. The summed E-state index contributed by atoms with van der Waals surface area (Å²) in [6.45, 7) is 0.569. The van der Waals surface area contributed by atoms with Gasteiger partial charge in [0.2, 0.25) is 10.0 Å². The first kappa shape index (κ1) is 22.3. The molecule has 142 valence electrons. The maximum absolute atomic E-state index is 13.0. The van der Waals surface area contributed by atoms with Crippen LogP contribution in [0.3, 0.4) is 0 Å². The molecule has 0 saturated heterocycles. The fourth-order valence-corrected chi connectivity index (χ4v) is 4.10. The summed E-state index contributed by atoms with van der Waals surface area (Å²) in [5.74, 6) is 0. The van der Waals surface area contributed by atoms with E-state index in [9.17, 15) is 18.5 Å². The summed E-state index contributed by atoms with van der Waals surface area (Å²) in [7, 11) is -4.09. The lowest BCUT2D eigenvalue weighted by atomic mass is 10.2. The van der Waals surface area contributed by atoms with Crippen LogP contribution in [0.15, 0.2) is 53.4 Å². The third kappa shape index (κ3) is 5.39. The normalized spacial score (nSPS) is 11.2. The summed E-state index contributed by atoms with van der Waals surface area (Å²) in [6, 6.07) is 12.5. The van der Waals surface area contributed by atoms with Crippen LogP contribution in [0.25, 0.3) is 0 Å². The first-order chi connectivity index (χ1) is 11.9. The van der Waals surface area contributed by atoms with E-state index in [1.165, 1.54) is 10.4 Å². The Bertz CT molecular complexity index is 848. The van der Waals surface area contributed by atoms with Gasteiger partial charge in [-0.25, -0.2) is 8.42 Å². The van der Waals surface area contributed by atoms with Gasteiger partial charge >= 0.3 is 0 Å². The van der Waals surface area contributed by atoms with Crippen molar-refractivity contribution in [2.75, 3.05) is 13.1 Å². The molecule has 10 heteroatoms. The highest BCUT2D eigenvalue weighted by Gasteiger charge is 2.31. The van der Waals surface area contributed by atoms with Gasteiger partial charge in [-0.15, -0.1) is 12.4 Å². The average Bonchev–Trinajstić information content (AvgIpc) is 2.59. The molecule has 0 aromatic heterocycles. The van der Waals surface area contributed by atoms with Crippen molar-refractivity contribution >= 4 is 39.7 Å². The monoisotopic (exact) mass is 419 g/mol. The van der Waals surface area contributed by atoms with Gasteiger partial charge < -0.3 is 5.73 Å². The molecule has 0 saturated carbocycles. The molecule has 0 heterocycles. The zero-order valence-corrected chi connectivity index (χ0v) is 16.1. The Hall–Kier alpha value is -1.71. The minimum atomic E-state index is -4.09. The van der Waals surface area contributed by atoms with Crippen LogP contribution in [-0.2, 0) is 16.6 Å². The number of sulfonamides is 1. The highest BCUT2D eigenvalue weighted by Crippen LogP contribution is 2.30. The SMILES string of the molecule is Cl.NCCCN(Cc1ccccc1)S(=O)(=O)c1ccc(Cl)cc1[N+](=O)[O-]. The van der Waals surface area contributed by atoms with Gasteiger partial charge in [0, 0.05) is 24.2 Å². The molecule has 0 fully saturated rings. The number of nitrogens with zero attached hydrogens (tertiary/aromatic N) is 2. The third-order valence-corrected chi connectivity index (χ3v) is 5.68. The smallest absolute Gasteiger partial charge is 0.290 e. The van der Waals surface area contributed by atoms with Gasteiger partial charge in [0.1, 0.15) is 0 Å². The summed E-state index contributed by atoms with van der Waals surface area (Å²) in [5.41, 5.74) is 5.74. The number of nitro benzene ring substituents is 1. The molecule has 0 radical (unpaired) electrons. The van der Waals surface area contributed by atoms with Crippen LogP contribution in [0.4, 0.5) is 5.69 Å². The number of nitro groups is 1. The minimum absolute atomic E-state index is 0. The molecule has 2 rings (SSSR count). The molecular formula is C16H19Cl2N3O4S. The van der Waals surface area contributed by atoms with E-state index in [0.29, 0.717) is 13.0 Å². The van der Waals surface area contributed by atoms with Gasteiger partial charge in [-0.2, -0.15) is 4.31 Å². The lowest BCUT2D eigenvalue weighted by Crippen LogP contribution is -2.33. The van der Waals surface area contributed by atoms with E-state index >= 15 is 0 Å². The fourth-order valence-electron chi connectivity index (χ4n) is 2.33. The van der Waals surface area contributed by atoms with Crippen molar-refractivity contribution in [1.82, 2.24) is 4.31 Å². The number of hydrogen-bond donors (Lipinski definition) is 1. The van der Waals surface area contributed by atoms with Gasteiger partial charge in [-0.3, -0.25) is 10.1 Å². The second kappa shape index (κ2) is 9.84. The molecule has 2 aromatic rings. The van der Waals surface area contributed by atoms with Crippen LogP contribution in [0.2, 0.25) is 5.02 Å². The van der Waals surface area contributed by atoms with Crippen LogP contribution in [-0.4, -0.2) is 30.7 Å². The molecule has 0 spiro atoms. The summed E-state index contributed by atoms with van der Waals surface area (Å²) < 4.78 is 27.2. The average molecular weight is 420 g/mol. The van der Waals surface area contributed by atoms with E-state index in [1.54, 1.807) is 24.3 Å². The Kier molecular flexibility index (Phi) is 8.45. The molecule has 0 aliphatic carbocycles. The molecule has 2 aromatic carbocycles. The van der Waals surface area contributed by atoms with E-state index < -0.39 is 20.6 Å². The Morgan fingerprint density at radius 3 is 2.38 bits per heavy atom. The van der Waals surface area contributed by atoms with Crippen molar-refractivity contribution in [1.29, 1.82) is 0 Å². The van der Waals surface area contributed by atoms with Crippen molar-refractivity contribution < 1.29 is 13.3 Å². The number of halogens is 2. The number of rotatable bonds is 8. The summed E-state index contributed by atoms with van der Waals surface area (Å²) in [5, 5.41) is 11.4. The predicted molar refractivity (Wildman–Crippen MR) is 103 cm³/mol. The topological polar surface area (TPSA) is 107 Å². The van der Waals surface area contributed by atoms with Crippen LogP contribution in [0, 0.1) is 10.1 Å². The lowest BCUT2D eigenvalue weighted by molar-refractivity contribution is -0.387. The largest absolute Gasteiger partial charge is 0.330 e. The van der Waals surface area contributed by atoms with Crippen LogP contribution >= 0.6 is 24.0 Å². The van der Waals surface area contributed by atoms with Gasteiger partial charge in [0.15, 0.2) is 4.90 Å². The first-order valence-corrected chi connectivity index (χ1v) is 9.36. The number of benzene rings is 2. The first-order valence-electron chi connectivity index (χ1n) is 7.54. The van der Waals surface area contributed by atoms with E-state index in [4.69, 9.17) is 17.3 Å². The molecular weight excluding hydrogens is 401 g/mol. The van der Waals surface area contributed by atoms with E-state index in [-0.39, 0.29) is 35.4 Å². The van der Waals surface area contributed by atoms with Crippen molar-refractivity contribution in [3.63, 3.8) is 0 Å². The molecule has 26 heavy (non-hydrogen) atoms. The Labute approximate surface area is 163 Å². The van der Waals surface area contributed by atoms with E-state index in [2.05, 4.69) is 0 Å². The van der Waals surface area contributed by atoms with E-state index in [1.807, 2.05) is 6.07 Å². The van der Waals surface area contributed by atoms with Gasteiger partial charge in [-0.1, -0.05) is 41.9 Å². The molecule has 0 unspecified atom stereocenters. The lowest BCUT2D eigenvalue weighted by Gasteiger charge is -2.22. The maximum Gasteiger partial charge on any atom is 0.290 e. The summed E-state index contributed by atoms with van der Waals surface area (Å²) >= 11 is 5.77. The zero-order chi connectivity index (χ0) is 18.4. The number of hydrogen-bond acceptors (Lipinski definition) is 5. The zero-order valence-electron chi connectivity index (χ0n) is 13.7. The minimum Gasteiger partial charge on any atom is -0.330 e. The standard InChI is InChI=1S/C16H18ClN3O4S.ClH/c17-14-7-8-16(15(11-14)20(21)22)25(23,24)19(10-4-9-18)12-13-5-2-1-3-6-13;/h1-3,5-8,11H,4,9-10,12,18H2;1H. The quantitative estimate of drug-likeness (QED) is 0.521. The second-order valence-corrected chi connectivity index (χ2v) is 7.68. The predicted octanol–water partition coefficient (Wildman–Crippen LogP) is 3.21.